The first kappa shape index (κ1) is 21.8. The summed E-state index contributed by atoms with van der Waals surface area (Å²) >= 11 is 1.56. The maximum atomic E-state index is 11.9. The second-order valence-electron chi connectivity index (χ2n) is 8.39. The predicted octanol–water partition coefficient (Wildman–Crippen LogP) is 4.12. The topological polar surface area (TPSA) is 90.0 Å². The molecule has 0 atom stereocenters. The summed E-state index contributed by atoms with van der Waals surface area (Å²) in [6.07, 6.45) is 0. The Hall–Kier alpha value is -2.93. The third kappa shape index (κ3) is 4.62. The number of carbonyl (C=O) groups is 2. The molecule has 2 aromatic heterocycles. The van der Waals surface area contributed by atoms with Crippen LogP contribution in [0, 0.1) is 6.92 Å². The zero-order valence-electron chi connectivity index (χ0n) is 18.1. The molecule has 7 heteroatoms. The van der Waals surface area contributed by atoms with Gasteiger partial charge in [0, 0.05) is 36.7 Å². The summed E-state index contributed by atoms with van der Waals surface area (Å²) < 4.78 is 1.98. The minimum Gasteiger partial charge on any atom is -0.366 e. The molecule has 0 bridgehead atoms. The van der Waals surface area contributed by atoms with Crippen LogP contribution in [0.15, 0.2) is 35.7 Å². The predicted molar refractivity (Wildman–Crippen MR) is 122 cm³/mol. The normalized spacial score (nSPS) is 11.5. The molecule has 0 saturated carbocycles. The second-order valence-corrected chi connectivity index (χ2v) is 9.25. The Morgan fingerprint density at radius 3 is 2.43 bits per heavy atom. The van der Waals surface area contributed by atoms with Crippen LogP contribution in [0.3, 0.4) is 0 Å². The van der Waals surface area contributed by atoms with Crippen molar-refractivity contribution >= 4 is 23.2 Å². The van der Waals surface area contributed by atoms with E-state index in [-0.39, 0.29) is 11.3 Å². The Morgan fingerprint density at radius 1 is 1.20 bits per heavy atom. The third-order valence-electron chi connectivity index (χ3n) is 5.11. The van der Waals surface area contributed by atoms with E-state index >= 15 is 0 Å². The van der Waals surface area contributed by atoms with Gasteiger partial charge in [-0.25, -0.2) is 4.98 Å². The summed E-state index contributed by atoms with van der Waals surface area (Å²) in [6, 6.07) is 10.3. The number of nitrogens with zero attached hydrogens (tertiary/aromatic N) is 2. The lowest BCUT2D eigenvalue weighted by atomic mass is 9.87. The van der Waals surface area contributed by atoms with Crippen LogP contribution < -0.4 is 11.1 Å². The average Bonchev–Trinajstić information content (AvgIpc) is 3.26. The smallest absolute Gasteiger partial charge is 0.250 e. The molecule has 0 saturated heterocycles. The van der Waals surface area contributed by atoms with Gasteiger partial charge in [-0.05, 0) is 24.0 Å². The Bertz CT molecular complexity index is 1070. The van der Waals surface area contributed by atoms with Crippen LogP contribution in [0.2, 0.25) is 0 Å². The van der Waals surface area contributed by atoms with E-state index in [1.807, 2.05) is 16.9 Å². The quantitative estimate of drug-likeness (QED) is 0.624. The monoisotopic (exact) mass is 424 g/mol. The van der Waals surface area contributed by atoms with E-state index < -0.39 is 5.91 Å². The van der Waals surface area contributed by atoms with Crippen LogP contribution in [0.25, 0.3) is 22.0 Å². The summed E-state index contributed by atoms with van der Waals surface area (Å²) in [4.78, 5) is 27.9. The molecule has 2 amide bonds. The summed E-state index contributed by atoms with van der Waals surface area (Å²) in [5, 5.41) is 5.70. The SMILES string of the molecule is CC(=O)NCCn1c(-c2csc(-c3ccc(C(C)(C)C)cc3)n2)cc(C(N)=O)c1C. The van der Waals surface area contributed by atoms with Gasteiger partial charge in [0.25, 0.3) is 5.91 Å². The Labute approximate surface area is 181 Å². The van der Waals surface area contributed by atoms with Gasteiger partial charge in [0.1, 0.15) is 5.01 Å². The van der Waals surface area contributed by atoms with Gasteiger partial charge >= 0.3 is 0 Å². The summed E-state index contributed by atoms with van der Waals surface area (Å²) in [7, 11) is 0. The number of amides is 2. The molecule has 0 aliphatic rings. The largest absolute Gasteiger partial charge is 0.366 e. The van der Waals surface area contributed by atoms with Gasteiger partial charge in [-0.3, -0.25) is 9.59 Å². The minimum absolute atomic E-state index is 0.0915. The first-order chi connectivity index (χ1) is 14.1. The first-order valence-corrected chi connectivity index (χ1v) is 10.8. The number of hydrogen-bond acceptors (Lipinski definition) is 4. The highest BCUT2D eigenvalue weighted by molar-refractivity contribution is 7.13. The number of primary amides is 1. The number of carbonyl (C=O) groups excluding carboxylic acids is 2. The van der Waals surface area contributed by atoms with Crippen molar-refractivity contribution in [3.8, 4) is 22.0 Å². The maximum absolute atomic E-state index is 11.9. The van der Waals surface area contributed by atoms with Gasteiger partial charge in [0.15, 0.2) is 0 Å². The average molecular weight is 425 g/mol. The molecule has 1 aromatic carbocycles. The summed E-state index contributed by atoms with van der Waals surface area (Å²) in [5.74, 6) is -0.564. The molecule has 3 N–H and O–H groups in total. The molecule has 6 nitrogen and oxygen atoms in total. The molecule has 0 aliphatic carbocycles. The highest BCUT2D eigenvalue weighted by Crippen LogP contribution is 2.32. The molecule has 3 rings (SSSR count). The van der Waals surface area contributed by atoms with Crippen molar-refractivity contribution in [2.75, 3.05) is 6.54 Å². The van der Waals surface area contributed by atoms with Crippen molar-refractivity contribution in [2.24, 2.45) is 5.73 Å². The molecule has 158 valence electrons. The molecule has 30 heavy (non-hydrogen) atoms. The lowest BCUT2D eigenvalue weighted by Gasteiger charge is -2.18. The Balaban J connectivity index is 1.94. The number of nitrogens with two attached hydrogens (primary N) is 1. The molecular weight excluding hydrogens is 396 g/mol. The number of rotatable bonds is 6. The van der Waals surface area contributed by atoms with E-state index in [0.29, 0.717) is 18.7 Å². The number of thiazole rings is 1. The molecule has 2 heterocycles. The molecule has 0 fully saturated rings. The van der Waals surface area contributed by atoms with Crippen LogP contribution in [0.1, 0.15) is 49.3 Å². The maximum Gasteiger partial charge on any atom is 0.250 e. The van der Waals surface area contributed by atoms with Crippen molar-refractivity contribution in [3.63, 3.8) is 0 Å². The van der Waals surface area contributed by atoms with Crippen LogP contribution in [-0.4, -0.2) is 27.9 Å². The zero-order chi connectivity index (χ0) is 22.1. The zero-order valence-corrected chi connectivity index (χ0v) is 18.9. The van der Waals surface area contributed by atoms with E-state index in [1.165, 1.54) is 12.5 Å². The van der Waals surface area contributed by atoms with Crippen LogP contribution in [-0.2, 0) is 16.8 Å². The molecule has 3 aromatic rings. The second kappa shape index (κ2) is 8.44. The van der Waals surface area contributed by atoms with E-state index in [2.05, 4.69) is 50.4 Å². The van der Waals surface area contributed by atoms with Crippen molar-refractivity contribution in [1.82, 2.24) is 14.9 Å². The summed E-state index contributed by atoms with van der Waals surface area (Å²) in [6.45, 7) is 10.9. The fourth-order valence-corrected chi connectivity index (χ4v) is 4.20. The van der Waals surface area contributed by atoms with Crippen molar-refractivity contribution in [2.45, 2.75) is 46.6 Å². The van der Waals surface area contributed by atoms with Gasteiger partial charge < -0.3 is 15.6 Å². The van der Waals surface area contributed by atoms with E-state index in [1.54, 1.807) is 17.4 Å². The van der Waals surface area contributed by atoms with Crippen LogP contribution in [0.4, 0.5) is 0 Å². The number of benzene rings is 1. The van der Waals surface area contributed by atoms with Gasteiger partial charge in [-0.2, -0.15) is 0 Å². The van der Waals surface area contributed by atoms with Crippen molar-refractivity contribution in [3.05, 3.63) is 52.5 Å². The third-order valence-corrected chi connectivity index (χ3v) is 6.00. The van der Waals surface area contributed by atoms with Gasteiger partial charge in [0.2, 0.25) is 5.91 Å². The van der Waals surface area contributed by atoms with Gasteiger partial charge in [-0.1, -0.05) is 45.0 Å². The number of aromatic nitrogens is 2. The molecule has 0 unspecified atom stereocenters. The number of hydrogen-bond donors (Lipinski definition) is 2. The fraction of sp³-hybridized carbons (Fsp3) is 0.348. The highest BCUT2D eigenvalue weighted by atomic mass is 32.1. The Kier molecular flexibility index (Phi) is 6.12. The fourth-order valence-electron chi connectivity index (χ4n) is 3.38. The van der Waals surface area contributed by atoms with Crippen LogP contribution in [0.5, 0.6) is 0 Å². The minimum atomic E-state index is -0.472. The van der Waals surface area contributed by atoms with Crippen molar-refractivity contribution in [1.29, 1.82) is 0 Å². The lowest BCUT2D eigenvalue weighted by Crippen LogP contribution is -2.25. The van der Waals surface area contributed by atoms with E-state index in [0.717, 1.165) is 27.7 Å². The summed E-state index contributed by atoms with van der Waals surface area (Å²) in [5.41, 5.74) is 10.8. The van der Waals surface area contributed by atoms with Gasteiger partial charge in [0.05, 0.1) is 17.0 Å². The standard InChI is InChI=1S/C23H28N4O2S/c1-14-18(21(24)29)12-20(27(14)11-10-25-15(2)28)19-13-30-22(26-19)16-6-8-17(9-7-16)23(3,4)5/h6-9,12-13H,10-11H2,1-5H3,(H2,24,29)(H,25,28). The highest BCUT2D eigenvalue weighted by Gasteiger charge is 2.19. The molecule has 0 aliphatic heterocycles. The molecule has 0 spiro atoms. The van der Waals surface area contributed by atoms with Crippen molar-refractivity contribution < 1.29 is 9.59 Å². The molecule has 0 radical (unpaired) electrons. The first-order valence-electron chi connectivity index (χ1n) is 9.89. The van der Waals surface area contributed by atoms with Gasteiger partial charge in [-0.15, -0.1) is 11.3 Å². The van der Waals surface area contributed by atoms with Crippen LogP contribution >= 0.6 is 11.3 Å². The number of nitrogens with one attached hydrogen (secondary N) is 1. The Morgan fingerprint density at radius 2 is 1.87 bits per heavy atom. The molecular formula is C23H28N4O2S. The van der Waals surface area contributed by atoms with E-state index in [4.69, 9.17) is 10.7 Å². The lowest BCUT2D eigenvalue weighted by molar-refractivity contribution is -0.118. The van der Waals surface area contributed by atoms with E-state index in [9.17, 15) is 9.59 Å².